The summed E-state index contributed by atoms with van der Waals surface area (Å²) in [4.78, 5) is 8.87. The molecule has 0 amide bonds. The van der Waals surface area contributed by atoms with E-state index in [1.165, 1.54) is 0 Å². The first-order chi connectivity index (χ1) is 9.88. The minimum atomic E-state index is 0.810. The van der Waals surface area contributed by atoms with Gasteiger partial charge >= 0.3 is 0 Å². The zero-order valence-corrected chi connectivity index (χ0v) is 11.4. The molecule has 20 heavy (non-hydrogen) atoms. The average molecular weight is 271 g/mol. The molecule has 3 heterocycles. The third kappa shape index (κ3) is 2.47. The Labute approximate surface area is 116 Å². The lowest BCUT2D eigenvalue weighted by Crippen LogP contribution is -2.09. The molecule has 3 rings (SSSR count). The molecule has 0 aromatic carbocycles. The second kappa shape index (κ2) is 5.68. The standard InChI is InChI=1S/C13H17N7/c1-2-5-19-6-3-14-12(19)13-15-4-7-20(13)9-8-18-10-16-17-11-18/h3-4,6-7,10-11H,2,5,8-9H2,1H3. The fourth-order valence-corrected chi connectivity index (χ4v) is 2.19. The van der Waals surface area contributed by atoms with E-state index in [1.807, 2.05) is 29.4 Å². The monoisotopic (exact) mass is 271 g/mol. The summed E-state index contributed by atoms with van der Waals surface area (Å²) in [5, 5.41) is 7.61. The van der Waals surface area contributed by atoms with Crippen molar-refractivity contribution in [1.82, 2.24) is 33.9 Å². The number of imidazole rings is 2. The predicted octanol–water partition coefficient (Wildman–Crippen LogP) is 1.45. The van der Waals surface area contributed by atoms with Gasteiger partial charge in [0.25, 0.3) is 0 Å². The van der Waals surface area contributed by atoms with Crippen molar-refractivity contribution in [3.8, 4) is 11.6 Å². The zero-order valence-electron chi connectivity index (χ0n) is 11.4. The van der Waals surface area contributed by atoms with Gasteiger partial charge in [-0.2, -0.15) is 0 Å². The van der Waals surface area contributed by atoms with Crippen LogP contribution in [0.2, 0.25) is 0 Å². The Balaban J connectivity index is 1.80. The zero-order chi connectivity index (χ0) is 13.8. The summed E-state index contributed by atoms with van der Waals surface area (Å²) in [6.45, 7) is 4.73. The van der Waals surface area contributed by atoms with Crippen molar-refractivity contribution in [1.29, 1.82) is 0 Å². The lowest BCUT2D eigenvalue weighted by molar-refractivity contribution is 0.576. The van der Waals surface area contributed by atoms with Crippen molar-refractivity contribution in [3.63, 3.8) is 0 Å². The minimum Gasteiger partial charge on any atom is -0.328 e. The highest BCUT2D eigenvalue weighted by Gasteiger charge is 2.11. The summed E-state index contributed by atoms with van der Waals surface area (Å²) in [5.41, 5.74) is 0. The number of hydrogen-bond donors (Lipinski definition) is 0. The van der Waals surface area contributed by atoms with E-state index < -0.39 is 0 Å². The van der Waals surface area contributed by atoms with Crippen LogP contribution in [0.1, 0.15) is 13.3 Å². The van der Waals surface area contributed by atoms with Gasteiger partial charge in [-0.25, -0.2) is 9.97 Å². The highest BCUT2D eigenvalue weighted by Crippen LogP contribution is 2.16. The normalized spacial score (nSPS) is 11.1. The van der Waals surface area contributed by atoms with Gasteiger partial charge in [0.15, 0.2) is 11.6 Å². The van der Waals surface area contributed by atoms with E-state index in [-0.39, 0.29) is 0 Å². The number of nitrogens with zero attached hydrogens (tertiary/aromatic N) is 7. The molecule has 0 unspecified atom stereocenters. The largest absolute Gasteiger partial charge is 0.328 e. The van der Waals surface area contributed by atoms with Crippen molar-refractivity contribution in [2.45, 2.75) is 33.0 Å². The third-order valence-corrected chi connectivity index (χ3v) is 3.16. The van der Waals surface area contributed by atoms with Crippen molar-refractivity contribution >= 4 is 0 Å². The smallest absolute Gasteiger partial charge is 0.176 e. The molecule has 0 saturated carbocycles. The Bertz CT molecular complexity index is 650. The van der Waals surface area contributed by atoms with Gasteiger partial charge in [-0.3, -0.25) is 0 Å². The number of rotatable bonds is 6. The molecule has 3 aromatic heterocycles. The summed E-state index contributed by atoms with van der Waals surface area (Å²) in [6.07, 6.45) is 12.1. The summed E-state index contributed by atoms with van der Waals surface area (Å²) in [7, 11) is 0. The molecule has 0 aliphatic rings. The second-order valence-corrected chi connectivity index (χ2v) is 4.59. The van der Waals surface area contributed by atoms with E-state index in [9.17, 15) is 0 Å². The van der Waals surface area contributed by atoms with Crippen molar-refractivity contribution < 1.29 is 0 Å². The lowest BCUT2D eigenvalue weighted by atomic mass is 10.4. The van der Waals surface area contributed by atoms with Crippen LogP contribution in [-0.4, -0.2) is 33.9 Å². The number of aryl methyl sites for hydroxylation is 3. The molecule has 3 aromatic rings. The van der Waals surface area contributed by atoms with Gasteiger partial charge in [-0.05, 0) is 6.42 Å². The molecular weight excluding hydrogens is 254 g/mol. The van der Waals surface area contributed by atoms with Gasteiger partial charge < -0.3 is 13.7 Å². The second-order valence-electron chi connectivity index (χ2n) is 4.59. The van der Waals surface area contributed by atoms with Crippen LogP contribution in [0, 0.1) is 0 Å². The number of aromatic nitrogens is 7. The molecule has 0 atom stereocenters. The van der Waals surface area contributed by atoms with E-state index in [2.05, 4.69) is 36.2 Å². The Morgan fingerprint density at radius 1 is 0.850 bits per heavy atom. The van der Waals surface area contributed by atoms with Crippen molar-refractivity contribution in [2.24, 2.45) is 0 Å². The van der Waals surface area contributed by atoms with Gasteiger partial charge in [0.05, 0.1) is 0 Å². The van der Waals surface area contributed by atoms with E-state index in [4.69, 9.17) is 0 Å². The fourth-order valence-electron chi connectivity index (χ4n) is 2.19. The first-order valence-electron chi connectivity index (χ1n) is 6.73. The van der Waals surface area contributed by atoms with Gasteiger partial charge in [-0.15, -0.1) is 10.2 Å². The maximum Gasteiger partial charge on any atom is 0.176 e. The highest BCUT2D eigenvalue weighted by atomic mass is 15.2. The van der Waals surface area contributed by atoms with Crippen LogP contribution in [0.4, 0.5) is 0 Å². The molecular formula is C13H17N7. The molecule has 0 aliphatic carbocycles. The van der Waals surface area contributed by atoms with Crippen LogP contribution >= 0.6 is 0 Å². The Morgan fingerprint density at radius 2 is 1.45 bits per heavy atom. The molecule has 0 fully saturated rings. The Kier molecular flexibility index (Phi) is 3.58. The maximum atomic E-state index is 4.44. The summed E-state index contributed by atoms with van der Waals surface area (Å²) >= 11 is 0. The Hall–Kier alpha value is -2.44. The molecule has 7 heteroatoms. The van der Waals surface area contributed by atoms with Crippen molar-refractivity contribution in [2.75, 3.05) is 0 Å². The van der Waals surface area contributed by atoms with Crippen LogP contribution in [0.5, 0.6) is 0 Å². The molecule has 0 N–H and O–H groups in total. The topological polar surface area (TPSA) is 66.3 Å². The van der Waals surface area contributed by atoms with Gasteiger partial charge in [0.2, 0.25) is 0 Å². The van der Waals surface area contributed by atoms with Crippen LogP contribution < -0.4 is 0 Å². The molecule has 7 nitrogen and oxygen atoms in total. The van der Waals surface area contributed by atoms with Crippen LogP contribution in [-0.2, 0) is 19.6 Å². The van der Waals surface area contributed by atoms with Gasteiger partial charge in [-0.1, -0.05) is 6.92 Å². The Morgan fingerprint density at radius 3 is 2.05 bits per heavy atom. The summed E-state index contributed by atoms with van der Waals surface area (Å²) < 4.78 is 6.19. The fraction of sp³-hybridized carbons (Fsp3) is 0.385. The molecule has 0 bridgehead atoms. The molecule has 0 spiro atoms. The highest BCUT2D eigenvalue weighted by molar-refractivity contribution is 5.44. The SMILES string of the molecule is CCCn1ccnc1-c1nccn1CCn1cnnc1. The van der Waals surface area contributed by atoms with E-state index in [1.54, 1.807) is 12.7 Å². The van der Waals surface area contributed by atoms with Gasteiger partial charge in [0.1, 0.15) is 12.7 Å². The number of hydrogen-bond acceptors (Lipinski definition) is 4. The third-order valence-electron chi connectivity index (χ3n) is 3.16. The summed E-state index contributed by atoms with van der Waals surface area (Å²) in [5.74, 6) is 1.82. The van der Waals surface area contributed by atoms with E-state index in [0.717, 1.165) is 37.7 Å². The lowest BCUT2D eigenvalue weighted by Gasteiger charge is -2.09. The quantitative estimate of drug-likeness (QED) is 0.680. The molecule has 0 radical (unpaired) electrons. The molecule has 104 valence electrons. The minimum absolute atomic E-state index is 0.810. The maximum absolute atomic E-state index is 4.44. The van der Waals surface area contributed by atoms with Crippen LogP contribution in [0.3, 0.4) is 0 Å². The predicted molar refractivity (Wildman–Crippen MR) is 73.8 cm³/mol. The van der Waals surface area contributed by atoms with Gasteiger partial charge in [0, 0.05) is 44.4 Å². The first-order valence-corrected chi connectivity index (χ1v) is 6.73. The molecule has 0 saturated heterocycles. The van der Waals surface area contributed by atoms with E-state index in [0.29, 0.717) is 0 Å². The van der Waals surface area contributed by atoms with Crippen molar-refractivity contribution in [3.05, 3.63) is 37.4 Å². The van der Waals surface area contributed by atoms with Crippen LogP contribution in [0.15, 0.2) is 37.4 Å². The van der Waals surface area contributed by atoms with E-state index >= 15 is 0 Å². The van der Waals surface area contributed by atoms with Crippen LogP contribution in [0.25, 0.3) is 11.6 Å². The molecule has 0 aliphatic heterocycles. The first kappa shape index (κ1) is 12.6. The summed E-state index contributed by atoms with van der Waals surface area (Å²) in [6, 6.07) is 0. The average Bonchev–Trinajstić information content (AvgIpc) is 3.18.